The zero-order valence-corrected chi connectivity index (χ0v) is 9.74. The lowest BCUT2D eigenvalue weighted by atomic mass is 9.92. The predicted octanol–water partition coefficient (Wildman–Crippen LogP) is 3.14. The molecule has 1 fully saturated rings. The van der Waals surface area contributed by atoms with Gasteiger partial charge in [-0.2, -0.15) is 5.26 Å². The minimum atomic E-state index is -0.149. The van der Waals surface area contributed by atoms with Crippen LogP contribution in [-0.4, -0.2) is 4.57 Å². The number of nitriles is 1. The third kappa shape index (κ3) is 1.14. The molecule has 2 aromatic rings. The highest BCUT2D eigenvalue weighted by Crippen LogP contribution is 2.48. The van der Waals surface area contributed by atoms with E-state index in [1.807, 2.05) is 0 Å². The van der Waals surface area contributed by atoms with E-state index in [1.165, 1.54) is 28.5 Å². The van der Waals surface area contributed by atoms with Crippen molar-refractivity contribution in [3.63, 3.8) is 0 Å². The van der Waals surface area contributed by atoms with Gasteiger partial charge in [-0.25, -0.2) is 0 Å². The monoisotopic (exact) mass is 222 g/mol. The highest BCUT2D eigenvalue weighted by molar-refractivity contribution is 5.85. The molecule has 2 aliphatic rings. The molecular weight excluding hydrogens is 208 g/mol. The van der Waals surface area contributed by atoms with E-state index in [9.17, 15) is 5.26 Å². The predicted molar refractivity (Wildman–Crippen MR) is 66.8 cm³/mol. The Hall–Kier alpha value is -1.75. The largest absolute Gasteiger partial charge is 0.347 e. The van der Waals surface area contributed by atoms with Gasteiger partial charge in [-0.3, -0.25) is 0 Å². The zero-order chi connectivity index (χ0) is 11.5. The molecule has 0 atom stereocenters. The van der Waals surface area contributed by atoms with Gasteiger partial charge in [0.25, 0.3) is 0 Å². The van der Waals surface area contributed by atoms with Crippen LogP contribution in [0.15, 0.2) is 24.4 Å². The molecular formula is C15H14N2. The maximum absolute atomic E-state index is 9.31. The molecule has 4 rings (SSSR count). The summed E-state index contributed by atoms with van der Waals surface area (Å²) >= 11 is 0. The summed E-state index contributed by atoms with van der Waals surface area (Å²) < 4.78 is 2.35. The molecule has 0 saturated heterocycles. The summed E-state index contributed by atoms with van der Waals surface area (Å²) in [5.74, 6) is 0. The Bertz CT molecular complexity index is 653. The van der Waals surface area contributed by atoms with E-state index in [1.54, 1.807) is 0 Å². The first-order valence-corrected chi connectivity index (χ1v) is 6.36. The zero-order valence-electron chi connectivity index (χ0n) is 9.74. The molecule has 0 spiro atoms. The molecule has 0 radical (unpaired) electrons. The van der Waals surface area contributed by atoms with Gasteiger partial charge in [-0.05, 0) is 48.9 Å². The number of aromatic nitrogens is 1. The molecule has 1 aliphatic carbocycles. The maximum atomic E-state index is 9.31. The number of nitrogens with zero attached hydrogens (tertiary/aromatic N) is 2. The van der Waals surface area contributed by atoms with E-state index in [2.05, 4.69) is 35.0 Å². The molecule has 1 saturated carbocycles. The van der Waals surface area contributed by atoms with Crippen LogP contribution in [0.25, 0.3) is 10.9 Å². The lowest BCUT2D eigenvalue weighted by Gasteiger charge is -2.18. The summed E-state index contributed by atoms with van der Waals surface area (Å²) in [5.41, 5.74) is 3.94. The highest BCUT2D eigenvalue weighted by atomic mass is 15.0. The van der Waals surface area contributed by atoms with Gasteiger partial charge in [-0.1, -0.05) is 6.07 Å². The van der Waals surface area contributed by atoms with Crippen molar-refractivity contribution in [2.75, 3.05) is 0 Å². The van der Waals surface area contributed by atoms with Crippen LogP contribution in [0, 0.1) is 11.3 Å². The van der Waals surface area contributed by atoms with Gasteiger partial charge in [0.2, 0.25) is 0 Å². The average molecular weight is 222 g/mol. The molecule has 1 aromatic heterocycles. The maximum Gasteiger partial charge on any atom is 0.0824 e. The minimum absolute atomic E-state index is 0.149. The standard InChI is InChI=1S/C15H14N2/c16-10-15(4-5-15)13-8-11-2-1-6-17-7-3-12(9-13)14(11)17/h3,7-9H,1-2,4-6H2. The van der Waals surface area contributed by atoms with Crippen molar-refractivity contribution in [1.29, 1.82) is 5.26 Å². The van der Waals surface area contributed by atoms with E-state index in [-0.39, 0.29) is 5.41 Å². The summed E-state index contributed by atoms with van der Waals surface area (Å²) in [6, 6.07) is 9.22. The fourth-order valence-corrected chi connectivity index (χ4v) is 3.12. The number of benzene rings is 1. The molecule has 0 N–H and O–H groups in total. The molecule has 2 heteroatoms. The first-order valence-electron chi connectivity index (χ1n) is 6.36. The molecule has 2 heterocycles. The molecule has 0 unspecified atom stereocenters. The quantitative estimate of drug-likeness (QED) is 0.728. The van der Waals surface area contributed by atoms with Crippen molar-refractivity contribution in [3.05, 3.63) is 35.5 Å². The Morgan fingerprint density at radius 3 is 2.94 bits per heavy atom. The van der Waals surface area contributed by atoms with Crippen molar-refractivity contribution in [1.82, 2.24) is 4.57 Å². The third-order valence-corrected chi connectivity index (χ3v) is 4.30. The first kappa shape index (κ1) is 9.30. The Labute approximate surface area is 100 Å². The van der Waals surface area contributed by atoms with E-state index >= 15 is 0 Å². The van der Waals surface area contributed by atoms with Crippen molar-refractivity contribution in [2.24, 2.45) is 0 Å². The molecule has 0 amide bonds. The first-order chi connectivity index (χ1) is 8.32. The van der Waals surface area contributed by atoms with Gasteiger partial charge in [0.1, 0.15) is 0 Å². The lowest BCUT2D eigenvalue weighted by Crippen LogP contribution is -2.09. The van der Waals surface area contributed by atoms with Crippen LogP contribution < -0.4 is 0 Å². The van der Waals surface area contributed by atoms with Crippen molar-refractivity contribution in [2.45, 2.75) is 37.6 Å². The van der Waals surface area contributed by atoms with Crippen molar-refractivity contribution in [3.8, 4) is 6.07 Å². The van der Waals surface area contributed by atoms with E-state index in [0.29, 0.717) is 0 Å². The summed E-state index contributed by atoms with van der Waals surface area (Å²) in [4.78, 5) is 0. The number of hydrogen-bond donors (Lipinski definition) is 0. The van der Waals surface area contributed by atoms with Crippen molar-refractivity contribution < 1.29 is 0 Å². The average Bonchev–Trinajstić information content (AvgIpc) is 3.07. The SMILES string of the molecule is N#CC1(c2cc3c4c(ccn4CCC3)c2)CC1. The Kier molecular flexibility index (Phi) is 1.60. The number of aryl methyl sites for hydroxylation is 2. The minimum Gasteiger partial charge on any atom is -0.347 e. The third-order valence-electron chi connectivity index (χ3n) is 4.30. The van der Waals surface area contributed by atoms with Crippen LogP contribution in [0.1, 0.15) is 30.4 Å². The summed E-state index contributed by atoms with van der Waals surface area (Å²) in [6.45, 7) is 1.14. The lowest BCUT2D eigenvalue weighted by molar-refractivity contribution is 0.635. The van der Waals surface area contributed by atoms with Crippen LogP contribution in [0.4, 0.5) is 0 Å². The second-order valence-corrected chi connectivity index (χ2v) is 5.38. The second kappa shape index (κ2) is 2.92. The highest BCUT2D eigenvalue weighted by Gasteiger charge is 2.45. The molecule has 17 heavy (non-hydrogen) atoms. The van der Waals surface area contributed by atoms with Gasteiger partial charge in [-0.15, -0.1) is 0 Å². The summed E-state index contributed by atoms with van der Waals surface area (Å²) in [6.07, 6.45) is 6.64. The smallest absolute Gasteiger partial charge is 0.0824 e. The van der Waals surface area contributed by atoms with E-state index in [4.69, 9.17) is 0 Å². The molecule has 1 aromatic carbocycles. The van der Waals surface area contributed by atoms with Crippen LogP contribution in [0.2, 0.25) is 0 Å². The van der Waals surface area contributed by atoms with Crippen molar-refractivity contribution >= 4 is 10.9 Å². The van der Waals surface area contributed by atoms with Gasteiger partial charge in [0.05, 0.1) is 17.0 Å². The van der Waals surface area contributed by atoms with Gasteiger partial charge in [0, 0.05) is 18.1 Å². The topological polar surface area (TPSA) is 28.7 Å². The normalized spacial score (nSPS) is 20.2. The van der Waals surface area contributed by atoms with Gasteiger partial charge >= 0.3 is 0 Å². The van der Waals surface area contributed by atoms with Crippen LogP contribution >= 0.6 is 0 Å². The van der Waals surface area contributed by atoms with Gasteiger partial charge in [0.15, 0.2) is 0 Å². The summed E-state index contributed by atoms with van der Waals surface area (Å²) in [7, 11) is 0. The van der Waals surface area contributed by atoms with E-state index in [0.717, 1.165) is 25.8 Å². The Morgan fingerprint density at radius 1 is 1.29 bits per heavy atom. The molecule has 0 bridgehead atoms. The second-order valence-electron chi connectivity index (χ2n) is 5.38. The Morgan fingerprint density at radius 2 is 2.18 bits per heavy atom. The van der Waals surface area contributed by atoms with Crippen LogP contribution in [0.5, 0.6) is 0 Å². The van der Waals surface area contributed by atoms with E-state index < -0.39 is 0 Å². The van der Waals surface area contributed by atoms with Gasteiger partial charge < -0.3 is 4.57 Å². The fourth-order valence-electron chi connectivity index (χ4n) is 3.12. The number of rotatable bonds is 1. The Balaban J connectivity index is 2.01. The van der Waals surface area contributed by atoms with Crippen LogP contribution in [-0.2, 0) is 18.4 Å². The number of hydrogen-bond acceptors (Lipinski definition) is 1. The molecule has 1 aliphatic heterocycles. The fraction of sp³-hybridized carbons (Fsp3) is 0.400. The molecule has 84 valence electrons. The molecule has 2 nitrogen and oxygen atoms in total. The summed E-state index contributed by atoms with van der Waals surface area (Å²) in [5, 5.41) is 10.6. The van der Waals surface area contributed by atoms with Crippen LogP contribution in [0.3, 0.4) is 0 Å².